The number of ketones is 1. The molecule has 0 bridgehead atoms. The molecular formula is C22H29NO2. The van der Waals surface area contributed by atoms with E-state index in [1.54, 1.807) is 0 Å². The van der Waals surface area contributed by atoms with Crippen molar-refractivity contribution >= 4 is 5.78 Å². The minimum atomic E-state index is 0.0114. The van der Waals surface area contributed by atoms with Crippen molar-refractivity contribution < 1.29 is 9.53 Å². The summed E-state index contributed by atoms with van der Waals surface area (Å²) in [6.45, 7) is 5.30. The second-order valence-electron chi connectivity index (χ2n) is 6.25. The Kier molecular flexibility index (Phi) is 8.20. The summed E-state index contributed by atoms with van der Waals surface area (Å²) < 4.78 is 5.99. The lowest BCUT2D eigenvalue weighted by Crippen LogP contribution is -2.34. The number of hydrogen-bond donors (Lipinski definition) is 1. The van der Waals surface area contributed by atoms with Crippen molar-refractivity contribution in [2.75, 3.05) is 6.54 Å². The monoisotopic (exact) mass is 339 g/mol. The molecule has 0 heterocycles. The molecule has 0 spiro atoms. The zero-order valence-electron chi connectivity index (χ0n) is 15.3. The molecule has 0 fully saturated rings. The van der Waals surface area contributed by atoms with Gasteiger partial charge in [0.2, 0.25) is 0 Å². The molecule has 1 N–H and O–H groups in total. The van der Waals surface area contributed by atoms with Crippen LogP contribution < -0.4 is 10.1 Å². The average Bonchev–Trinajstić information content (AvgIpc) is 2.67. The van der Waals surface area contributed by atoms with Crippen LogP contribution in [0.1, 0.15) is 61.9 Å². The average molecular weight is 339 g/mol. The molecule has 1 atom stereocenters. The molecule has 0 radical (unpaired) electrons. The van der Waals surface area contributed by atoms with Crippen LogP contribution in [-0.2, 0) is 0 Å². The van der Waals surface area contributed by atoms with Crippen LogP contribution in [0.25, 0.3) is 0 Å². The molecule has 2 aromatic rings. The van der Waals surface area contributed by atoms with Crippen molar-refractivity contribution in [3.05, 3.63) is 65.7 Å². The van der Waals surface area contributed by atoms with E-state index in [1.165, 1.54) is 25.7 Å². The van der Waals surface area contributed by atoms with Gasteiger partial charge < -0.3 is 4.74 Å². The molecule has 0 aliphatic heterocycles. The summed E-state index contributed by atoms with van der Waals surface area (Å²) in [5.74, 6) is 0.825. The Bertz CT molecular complexity index is 622. The third kappa shape index (κ3) is 6.35. The van der Waals surface area contributed by atoms with Crippen LogP contribution in [0, 0.1) is 0 Å². The molecule has 3 nitrogen and oxygen atoms in total. The number of benzene rings is 2. The molecule has 2 rings (SSSR count). The number of hydrogen-bond acceptors (Lipinski definition) is 3. The van der Waals surface area contributed by atoms with Crippen molar-refractivity contribution in [3.63, 3.8) is 0 Å². The fourth-order valence-corrected chi connectivity index (χ4v) is 2.69. The highest BCUT2D eigenvalue weighted by atomic mass is 16.5. The zero-order chi connectivity index (χ0) is 17.9. The van der Waals surface area contributed by atoms with Crippen molar-refractivity contribution in [2.45, 2.75) is 52.2 Å². The summed E-state index contributed by atoms with van der Waals surface area (Å²) in [5.41, 5.74) is 1.38. The van der Waals surface area contributed by atoms with Crippen LogP contribution in [0.15, 0.2) is 54.6 Å². The van der Waals surface area contributed by atoms with E-state index >= 15 is 0 Å². The largest absolute Gasteiger partial charge is 0.475 e. The standard InChI is InChI=1S/C22H29NO2/c1-3-5-6-10-17-23-21(4-2)25-20-15-13-19(14-16-20)22(24)18-11-8-7-9-12-18/h7-9,11-16,21,23H,3-6,10,17H2,1-2H3. The fraction of sp³-hybridized carbons (Fsp3) is 0.409. The SMILES string of the molecule is CCCCCCNC(CC)Oc1ccc(C(=O)c2ccccc2)cc1. The van der Waals surface area contributed by atoms with Gasteiger partial charge >= 0.3 is 0 Å². The Labute approximate surface area is 151 Å². The van der Waals surface area contributed by atoms with Gasteiger partial charge in [-0.3, -0.25) is 10.1 Å². The summed E-state index contributed by atoms with van der Waals surface area (Å²) in [6.07, 6.45) is 5.89. The number of nitrogens with one attached hydrogen (secondary N) is 1. The lowest BCUT2D eigenvalue weighted by Gasteiger charge is -2.19. The summed E-state index contributed by atoms with van der Waals surface area (Å²) in [6, 6.07) is 16.7. The van der Waals surface area contributed by atoms with Gasteiger partial charge in [-0.05, 0) is 43.7 Å². The van der Waals surface area contributed by atoms with Gasteiger partial charge in [0.25, 0.3) is 0 Å². The number of carbonyl (C=O) groups excluding carboxylic acids is 1. The van der Waals surface area contributed by atoms with Crippen LogP contribution in [0.5, 0.6) is 5.75 Å². The van der Waals surface area contributed by atoms with Crippen molar-refractivity contribution in [2.24, 2.45) is 0 Å². The number of rotatable bonds is 11. The molecule has 0 amide bonds. The van der Waals surface area contributed by atoms with Crippen molar-refractivity contribution in [1.29, 1.82) is 0 Å². The molecule has 0 aliphatic carbocycles. The minimum Gasteiger partial charge on any atom is -0.475 e. The maximum atomic E-state index is 12.4. The van der Waals surface area contributed by atoms with E-state index in [1.807, 2.05) is 54.6 Å². The Morgan fingerprint density at radius 2 is 1.60 bits per heavy atom. The lowest BCUT2D eigenvalue weighted by molar-refractivity contribution is 0.103. The van der Waals surface area contributed by atoms with Gasteiger partial charge in [-0.15, -0.1) is 0 Å². The highest BCUT2D eigenvalue weighted by Gasteiger charge is 2.10. The molecule has 0 aliphatic rings. The molecule has 2 aromatic carbocycles. The Hall–Kier alpha value is -2.13. The van der Waals surface area contributed by atoms with Crippen molar-refractivity contribution in [1.82, 2.24) is 5.32 Å². The molecule has 134 valence electrons. The Morgan fingerprint density at radius 1 is 0.920 bits per heavy atom. The third-order valence-corrected chi connectivity index (χ3v) is 4.20. The first kappa shape index (κ1) is 19.2. The van der Waals surface area contributed by atoms with Gasteiger partial charge in [-0.25, -0.2) is 0 Å². The van der Waals surface area contributed by atoms with E-state index in [2.05, 4.69) is 19.2 Å². The molecular weight excluding hydrogens is 310 g/mol. The van der Waals surface area contributed by atoms with E-state index in [-0.39, 0.29) is 12.0 Å². The van der Waals surface area contributed by atoms with Crippen molar-refractivity contribution in [3.8, 4) is 5.75 Å². The lowest BCUT2D eigenvalue weighted by atomic mass is 10.0. The van der Waals surface area contributed by atoms with Gasteiger partial charge in [0, 0.05) is 11.1 Å². The fourth-order valence-electron chi connectivity index (χ4n) is 2.69. The third-order valence-electron chi connectivity index (χ3n) is 4.20. The predicted molar refractivity (Wildman–Crippen MR) is 103 cm³/mol. The Balaban J connectivity index is 1.87. The molecule has 0 saturated heterocycles. The molecule has 0 aromatic heterocycles. The topological polar surface area (TPSA) is 38.3 Å². The summed E-state index contributed by atoms with van der Waals surface area (Å²) in [4.78, 5) is 12.4. The van der Waals surface area contributed by atoms with Gasteiger partial charge in [0.1, 0.15) is 12.0 Å². The van der Waals surface area contributed by atoms with E-state index in [4.69, 9.17) is 4.74 Å². The van der Waals surface area contributed by atoms with Crippen LogP contribution >= 0.6 is 0 Å². The van der Waals surface area contributed by atoms with E-state index in [9.17, 15) is 4.79 Å². The second-order valence-corrected chi connectivity index (χ2v) is 6.25. The summed E-state index contributed by atoms with van der Waals surface area (Å²) in [5, 5.41) is 3.45. The van der Waals surface area contributed by atoms with E-state index in [0.29, 0.717) is 11.1 Å². The minimum absolute atomic E-state index is 0.0114. The maximum Gasteiger partial charge on any atom is 0.193 e. The van der Waals surface area contributed by atoms with Gasteiger partial charge in [0.15, 0.2) is 5.78 Å². The second kappa shape index (κ2) is 10.7. The Morgan fingerprint density at radius 3 is 2.24 bits per heavy atom. The first-order valence-corrected chi connectivity index (χ1v) is 9.34. The summed E-state index contributed by atoms with van der Waals surface area (Å²) >= 11 is 0. The molecule has 25 heavy (non-hydrogen) atoms. The van der Waals surface area contributed by atoms with Crippen LogP contribution in [-0.4, -0.2) is 18.6 Å². The van der Waals surface area contributed by atoms with Crippen LogP contribution in [0.4, 0.5) is 0 Å². The number of unbranched alkanes of at least 4 members (excludes halogenated alkanes) is 3. The smallest absolute Gasteiger partial charge is 0.193 e. The highest BCUT2D eigenvalue weighted by Crippen LogP contribution is 2.17. The quantitative estimate of drug-likeness (QED) is 0.347. The molecule has 1 unspecified atom stereocenters. The number of ether oxygens (including phenoxy) is 1. The maximum absolute atomic E-state index is 12.4. The van der Waals surface area contributed by atoms with Crippen LogP contribution in [0.3, 0.4) is 0 Å². The van der Waals surface area contributed by atoms with E-state index in [0.717, 1.165) is 18.7 Å². The normalized spacial score (nSPS) is 11.9. The van der Waals surface area contributed by atoms with Gasteiger partial charge in [-0.2, -0.15) is 0 Å². The predicted octanol–water partition coefficient (Wildman–Crippen LogP) is 5.20. The van der Waals surface area contributed by atoms with Gasteiger partial charge in [0.05, 0.1) is 0 Å². The first-order chi connectivity index (χ1) is 12.2. The van der Waals surface area contributed by atoms with Gasteiger partial charge in [-0.1, -0.05) is 63.4 Å². The first-order valence-electron chi connectivity index (χ1n) is 9.34. The van der Waals surface area contributed by atoms with Crippen LogP contribution in [0.2, 0.25) is 0 Å². The van der Waals surface area contributed by atoms with E-state index < -0.39 is 0 Å². The molecule has 3 heteroatoms. The highest BCUT2D eigenvalue weighted by molar-refractivity contribution is 6.08. The summed E-state index contributed by atoms with van der Waals surface area (Å²) in [7, 11) is 0. The zero-order valence-corrected chi connectivity index (χ0v) is 15.3. The number of carbonyl (C=O) groups is 1. The molecule has 0 saturated carbocycles.